The Morgan fingerprint density at radius 1 is 1.20 bits per heavy atom. The Balaban J connectivity index is 2.20. The minimum atomic E-state index is -0.782. The summed E-state index contributed by atoms with van der Waals surface area (Å²) >= 11 is 0. The molecular formula is C17H18O3. The van der Waals surface area contributed by atoms with Crippen LogP contribution in [0.15, 0.2) is 61.2 Å². The molecule has 3 heteroatoms. The third-order valence-electron chi connectivity index (χ3n) is 3.00. The fourth-order valence-electron chi connectivity index (χ4n) is 1.88. The maximum atomic E-state index is 9.97. The van der Waals surface area contributed by atoms with E-state index in [-0.39, 0.29) is 0 Å². The maximum Gasteiger partial charge on any atom is 0.126 e. The summed E-state index contributed by atoms with van der Waals surface area (Å²) in [6.07, 6.45) is 0.681. The van der Waals surface area contributed by atoms with Gasteiger partial charge in [0.2, 0.25) is 0 Å². The second kappa shape index (κ2) is 6.78. The van der Waals surface area contributed by atoms with E-state index in [0.717, 1.165) is 5.56 Å². The highest BCUT2D eigenvalue weighted by Crippen LogP contribution is 2.30. The molecule has 0 bridgehead atoms. The van der Waals surface area contributed by atoms with Gasteiger partial charge in [-0.3, -0.25) is 0 Å². The van der Waals surface area contributed by atoms with Crippen molar-refractivity contribution in [1.29, 1.82) is 0 Å². The van der Waals surface area contributed by atoms with E-state index in [2.05, 4.69) is 6.58 Å². The Labute approximate surface area is 119 Å². The van der Waals surface area contributed by atoms with Gasteiger partial charge in [0, 0.05) is 5.56 Å². The minimum Gasteiger partial charge on any atom is -0.497 e. The van der Waals surface area contributed by atoms with Crippen molar-refractivity contribution < 1.29 is 14.6 Å². The number of aliphatic hydroxyl groups excluding tert-OH is 1. The quantitative estimate of drug-likeness (QED) is 0.817. The van der Waals surface area contributed by atoms with Crippen LogP contribution < -0.4 is 9.47 Å². The monoisotopic (exact) mass is 270 g/mol. The van der Waals surface area contributed by atoms with Crippen LogP contribution in [0.1, 0.15) is 17.2 Å². The van der Waals surface area contributed by atoms with Crippen LogP contribution in [0.4, 0.5) is 0 Å². The largest absolute Gasteiger partial charge is 0.497 e. The molecule has 20 heavy (non-hydrogen) atoms. The van der Waals surface area contributed by atoms with Crippen molar-refractivity contribution in [2.75, 3.05) is 7.11 Å². The van der Waals surface area contributed by atoms with Crippen LogP contribution in [-0.2, 0) is 6.61 Å². The molecule has 1 unspecified atom stereocenters. The van der Waals surface area contributed by atoms with Crippen LogP contribution in [0.5, 0.6) is 11.5 Å². The molecule has 2 aromatic carbocycles. The van der Waals surface area contributed by atoms with Gasteiger partial charge in [0.1, 0.15) is 24.2 Å². The molecule has 0 aliphatic rings. The predicted molar refractivity (Wildman–Crippen MR) is 78.9 cm³/mol. The highest BCUT2D eigenvalue weighted by molar-refractivity contribution is 5.43. The Hall–Kier alpha value is -2.26. The molecular weight excluding hydrogens is 252 g/mol. The highest BCUT2D eigenvalue weighted by atomic mass is 16.5. The summed E-state index contributed by atoms with van der Waals surface area (Å²) in [6, 6.07) is 15.2. The lowest BCUT2D eigenvalue weighted by atomic mass is 10.1. The van der Waals surface area contributed by atoms with Crippen molar-refractivity contribution in [1.82, 2.24) is 0 Å². The van der Waals surface area contributed by atoms with Crippen molar-refractivity contribution in [2.45, 2.75) is 12.7 Å². The van der Waals surface area contributed by atoms with Gasteiger partial charge in [0.05, 0.1) is 7.11 Å². The van der Waals surface area contributed by atoms with Gasteiger partial charge in [0.25, 0.3) is 0 Å². The lowest BCUT2D eigenvalue weighted by Crippen LogP contribution is -2.02. The van der Waals surface area contributed by atoms with Crippen LogP contribution in [0.2, 0.25) is 0 Å². The van der Waals surface area contributed by atoms with Gasteiger partial charge >= 0.3 is 0 Å². The zero-order valence-corrected chi connectivity index (χ0v) is 11.5. The molecule has 0 aromatic heterocycles. The molecule has 0 saturated heterocycles. The Kier molecular flexibility index (Phi) is 4.80. The predicted octanol–water partition coefficient (Wildman–Crippen LogP) is 3.49. The van der Waals surface area contributed by atoms with E-state index in [1.807, 2.05) is 30.3 Å². The summed E-state index contributed by atoms with van der Waals surface area (Å²) in [5, 5.41) is 9.97. The number of benzene rings is 2. The number of ether oxygens (including phenoxy) is 2. The maximum absolute atomic E-state index is 9.97. The summed E-state index contributed by atoms with van der Waals surface area (Å²) < 4.78 is 10.9. The van der Waals surface area contributed by atoms with Crippen LogP contribution in [-0.4, -0.2) is 12.2 Å². The third-order valence-corrected chi connectivity index (χ3v) is 3.00. The van der Waals surface area contributed by atoms with Gasteiger partial charge < -0.3 is 14.6 Å². The molecule has 0 radical (unpaired) electrons. The van der Waals surface area contributed by atoms with E-state index in [4.69, 9.17) is 9.47 Å². The number of aliphatic hydroxyl groups is 1. The van der Waals surface area contributed by atoms with Crippen molar-refractivity contribution in [3.8, 4) is 11.5 Å². The van der Waals surface area contributed by atoms with Crippen LogP contribution in [0.25, 0.3) is 0 Å². The summed E-state index contributed by atoms with van der Waals surface area (Å²) in [6.45, 7) is 4.05. The summed E-state index contributed by atoms with van der Waals surface area (Å²) in [4.78, 5) is 0. The smallest absolute Gasteiger partial charge is 0.126 e. The molecule has 0 spiro atoms. The first-order chi connectivity index (χ1) is 9.74. The fourth-order valence-corrected chi connectivity index (χ4v) is 1.88. The Morgan fingerprint density at radius 3 is 2.60 bits per heavy atom. The molecule has 0 heterocycles. The lowest BCUT2D eigenvalue weighted by Gasteiger charge is -2.15. The van der Waals surface area contributed by atoms with Gasteiger partial charge in [-0.25, -0.2) is 0 Å². The van der Waals surface area contributed by atoms with E-state index >= 15 is 0 Å². The lowest BCUT2D eigenvalue weighted by molar-refractivity contribution is 0.216. The zero-order chi connectivity index (χ0) is 14.4. The molecule has 0 saturated carbocycles. The molecule has 0 aliphatic heterocycles. The van der Waals surface area contributed by atoms with Gasteiger partial charge in [-0.15, -0.1) is 6.58 Å². The van der Waals surface area contributed by atoms with Crippen LogP contribution >= 0.6 is 0 Å². The minimum absolute atomic E-state index is 0.448. The molecule has 0 fully saturated rings. The molecule has 104 valence electrons. The average molecular weight is 270 g/mol. The van der Waals surface area contributed by atoms with Gasteiger partial charge in [0.15, 0.2) is 0 Å². The number of methoxy groups -OCH3 is 1. The van der Waals surface area contributed by atoms with Crippen molar-refractivity contribution in [3.63, 3.8) is 0 Å². The number of hydrogen-bond acceptors (Lipinski definition) is 3. The van der Waals surface area contributed by atoms with Crippen molar-refractivity contribution in [2.24, 2.45) is 0 Å². The molecule has 2 aromatic rings. The van der Waals surface area contributed by atoms with E-state index in [1.54, 1.807) is 25.3 Å². The van der Waals surface area contributed by atoms with E-state index in [9.17, 15) is 5.11 Å². The molecule has 0 amide bonds. The normalized spacial score (nSPS) is 11.7. The highest BCUT2D eigenvalue weighted by Gasteiger charge is 2.12. The van der Waals surface area contributed by atoms with E-state index < -0.39 is 6.10 Å². The average Bonchev–Trinajstić information content (AvgIpc) is 2.53. The van der Waals surface area contributed by atoms with Gasteiger partial charge in [-0.1, -0.05) is 36.4 Å². The first kappa shape index (κ1) is 14.2. The second-order valence-electron chi connectivity index (χ2n) is 4.36. The third kappa shape index (κ3) is 3.39. The molecule has 3 nitrogen and oxygen atoms in total. The Morgan fingerprint density at radius 2 is 1.95 bits per heavy atom. The molecule has 0 aliphatic carbocycles. The van der Waals surface area contributed by atoms with Gasteiger partial charge in [-0.05, 0) is 23.8 Å². The van der Waals surface area contributed by atoms with E-state index in [1.165, 1.54) is 6.08 Å². The van der Waals surface area contributed by atoms with Gasteiger partial charge in [-0.2, -0.15) is 0 Å². The summed E-state index contributed by atoms with van der Waals surface area (Å²) in [5.74, 6) is 1.30. The first-order valence-corrected chi connectivity index (χ1v) is 6.40. The molecule has 1 N–H and O–H groups in total. The number of hydrogen-bond donors (Lipinski definition) is 1. The van der Waals surface area contributed by atoms with E-state index in [0.29, 0.717) is 23.7 Å². The second-order valence-corrected chi connectivity index (χ2v) is 4.36. The van der Waals surface area contributed by atoms with Crippen molar-refractivity contribution >= 4 is 0 Å². The van der Waals surface area contributed by atoms with Crippen LogP contribution in [0.3, 0.4) is 0 Å². The van der Waals surface area contributed by atoms with Crippen LogP contribution in [0, 0.1) is 0 Å². The molecule has 1 atom stereocenters. The zero-order valence-electron chi connectivity index (χ0n) is 11.5. The topological polar surface area (TPSA) is 38.7 Å². The fraction of sp³-hybridized carbons (Fsp3) is 0.176. The first-order valence-electron chi connectivity index (χ1n) is 6.40. The molecule has 2 rings (SSSR count). The SMILES string of the molecule is C=CC(O)c1cc(OC)ccc1OCc1ccccc1. The summed E-state index contributed by atoms with van der Waals surface area (Å²) in [5.41, 5.74) is 1.72. The van der Waals surface area contributed by atoms with Crippen molar-refractivity contribution in [3.05, 3.63) is 72.3 Å². The Bertz CT molecular complexity index is 564. The number of rotatable bonds is 6. The standard InChI is InChI=1S/C17H18O3/c1-3-16(18)15-11-14(19-2)9-10-17(15)20-12-13-7-5-4-6-8-13/h3-11,16,18H,1,12H2,2H3. The summed E-state index contributed by atoms with van der Waals surface area (Å²) in [7, 11) is 1.59.